The molecule has 2 aromatic carbocycles. The van der Waals surface area contributed by atoms with Crippen LogP contribution in [0.25, 0.3) is 10.8 Å². The number of anilines is 1. The van der Waals surface area contributed by atoms with Crippen molar-refractivity contribution in [3.63, 3.8) is 0 Å². The van der Waals surface area contributed by atoms with E-state index < -0.39 is 10.0 Å². The van der Waals surface area contributed by atoms with E-state index in [0.717, 1.165) is 10.8 Å². The maximum absolute atomic E-state index is 13.0. The normalized spacial score (nSPS) is 15.9. The first-order valence-corrected chi connectivity index (χ1v) is 11.4. The predicted molar refractivity (Wildman–Crippen MR) is 117 cm³/mol. The summed E-state index contributed by atoms with van der Waals surface area (Å²) in [5.41, 5.74) is 0.460. The van der Waals surface area contributed by atoms with Crippen molar-refractivity contribution >= 4 is 44.0 Å². The number of carbonyl (C=O) groups excluding carboxylic acids is 1. The molecule has 9 heteroatoms. The minimum Gasteiger partial charge on any atom is -0.322 e. The SMILES string of the molecule is O=C(CN1CCN(S(=O)(=O)c2ccc3ccccc3c2)CC1)Nc1cccnc1Cl. The Morgan fingerprint density at radius 2 is 1.73 bits per heavy atom. The fraction of sp³-hybridized carbons (Fsp3) is 0.238. The highest BCUT2D eigenvalue weighted by atomic mass is 35.5. The summed E-state index contributed by atoms with van der Waals surface area (Å²) in [5, 5.41) is 4.86. The van der Waals surface area contributed by atoms with Gasteiger partial charge in [0.2, 0.25) is 15.9 Å². The Balaban J connectivity index is 1.37. The van der Waals surface area contributed by atoms with E-state index in [0.29, 0.717) is 36.8 Å². The molecule has 1 aromatic heterocycles. The number of nitrogens with one attached hydrogen (secondary N) is 1. The molecule has 0 atom stereocenters. The summed E-state index contributed by atoms with van der Waals surface area (Å²) >= 11 is 5.96. The second-order valence-electron chi connectivity index (χ2n) is 7.08. The van der Waals surface area contributed by atoms with Gasteiger partial charge in [-0.1, -0.05) is 41.9 Å². The van der Waals surface area contributed by atoms with E-state index in [2.05, 4.69) is 10.3 Å². The third-order valence-electron chi connectivity index (χ3n) is 5.09. The largest absolute Gasteiger partial charge is 0.322 e. The number of piperazine rings is 1. The first kappa shape index (κ1) is 20.7. The molecule has 30 heavy (non-hydrogen) atoms. The molecule has 0 aliphatic carbocycles. The molecule has 1 amide bonds. The lowest BCUT2D eigenvalue weighted by Gasteiger charge is -2.33. The topological polar surface area (TPSA) is 82.6 Å². The Morgan fingerprint density at radius 1 is 1.00 bits per heavy atom. The van der Waals surface area contributed by atoms with Gasteiger partial charge < -0.3 is 5.32 Å². The van der Waals surface area contributed by atoms with Crippen molar-refractivity contribution in [1.29, 1.82) is 0 Å². The highest BCUT2D eigenvalue weighted by molar-refractivity contribution is 7.89. The second kappa shape index (κ2) is 8.69. The smallest absolute Gasteiger partial charge is 0.243 e. The Morgan fingerprint density at radius 3 is 2.47 bits per heavy atom. The molecule has 156 valence electrons. The zero-order chi connectivity index (χ0) is 21.1. The maximum atomic E-state index is 13.0. The molecule has 1 aliphatic rings. The average Bonchev–Trinajstić information content (AvgIpc) is 2.75. The molecule has 1 fully saturated rings. The summed E-state index contributed by atoms with van der Waals surface area (Å²) in [6.45, 7) is 1.77. The summed E-state index contributed by atoms with van der Waals surface area (Å²) in [6.07, 6.45) is 1.55. The van der Waals surface area contributed by atoms with Crippen molar-refractivity contribution in [2.75, 3.05) is 38.0 Å². The Bertz CT molecular complexity index is 1180. The number of pyridine rings is 1. The van der Waals surface area contributed by atoms with Gasteiger partial charge in [-0.3, -0.25) is 9.69 Å². The van der Waals surface area contributed by atoms with Crippen molar-refractivity contribution in [2.24, 2.45) is 0 Å². The zero-order valence-corrected chi connectivity index (χ0v) is 17.7. The monoisotopic (exact) mass is 444 g/mol. The van der Waals surface area contributed by atoms with Gasteiger partial charge in [-0.2, -0.15) is 4.31 Å². The van der Waals surface area contributed by atoms with Crippen LogP contribution >= 0.6 is 11.6 Å². The molecule has 3 aromatic rings. The Hall–Kier alpha value is -2.52. The van der Waals surface area contributed by atoms with E-state index >= 15 is 0 Å². The van der Waals surface area contributed by atoms with Gasteiger partial charge >= 0.3 is 0 Å². The number of benzene rings is 2. The molecular formula is C21H21ClN4O3S. The van der Waals surface area contributed by atoms with Crippen LogP contribution in [-0.2, 0) is 14.8 Å². The van der Waals surface area contributed by atoms with Crippen LogP contribution in [0.4, 0.5) is 5.69 Å². The second-order valence-corrected chi connectivity index (χ2v) is 9.38. The van der Waals surface area contributed by atoms with Crippen molar-refractivity contribution in [3.8, 4) is 0 Å². The van der Waals surface area contributed by atoms with Crippen LogP contribution in [0, 0.1) is 0 Å². The van der Waals surface area contributed by atoms with E-state index in [9.17, 15) is 13.2 Å². The highest BCUT2D eigenvalue weighted by Gasteiger charge is 2.29. The predicted octanol–water partition coefficient (Wildman–Crippen LogP) is 2.83. The van der Waals surface area contributed by atoms with Gasteiger partial charge in [0.25, 0.3) is 0 Å². The molecule has 0 bridgehead atoms. The number of fused-ring (bicyclic) bond motifs is 1. The number of sulfonamides is 1. The van der Waals surface area contributed by atoms with Gasteiger partial charge in [0.05, 0.1) is 17.1 Å². The quantitative estimate of drug-likeness (QED) is 0.612. The Kier molecular flexibility index (Phi) is 6.01. The molecule has 7 nitrogen and oxygen atoms in total. The third-order valence-corrected chi connectivity index (χ3v) is 7.29. The van der Waals surface area contributed by atoms with Crippen molar-refractivity contribution in [1.82, 2.24) is 14.2 Å². The van der Waals surface area contributed by atoms with Gasteiger partial charge in [0.1, 0.15) is 0 Å². The average molecular weight is 445 g/mol. The molecular weight excluding hydrogens is 424 g/mol. The van der Waals surface area contributed by atoms with Crippen LogP contribution in [0.1, 0.15) is 0 Å². The van der Waals surface area contributed by atoms with Gasteiger partial charge in [-0.25, -0.2) is 13.4 Å². The van der Waals surface area contributed by atoms with Gasteiger partial charge in [0.15, 0.2) is 5.15 Å². The maximum Gasteiger partial charge on any atom is 0.243 e. The highest BCUT2D eigenvalue weighted by Crippen LogP contribution is 2.23. The number of amides is 1. The minimum atomic E-state index is -3.58. The molecule has 2 heterocycles. The molecule has 0 spiro atoms. The van der Waals surface area contributed by atoms with E-state index in [4.69, 9.17) is 11.6 Å². The molecule has 4 rings (SSSR count). The summed E-state index contributed by atoms with van der Waals surface area (Å²) < 4.78 is 27.6. The van der Waals surface area contributed by atoms with E-state index in [-0.39, 0.29) is 17.6 Å². The van der Waals surface area contributed by atoms with E-state index in [1.807, 2.05) is 35.2 Å². The minimum absolute atomic E-state index is 0.162. The Labute approximate surface area is 180 Å². The first-order chi connectivity index (χ1) is 14.4. The third kappa shape index (κ3) is 4.46. The molecule has 0 saturated carbocycles. The van der Waals surface area contributed by atoms with Crippen LogP contribution < -0.4 is 5.32 Å². The van der Waals surface area contributed by atoms with Crippen LogP contribution in [0.15, 0.2) is 65.7 Å². The fourth-order valence-corrected chi connectivity index (χ4v) is 5.10. The van der Waals surface area contributed by atoms with Crippen LogP contribution in [0.2, 0.25) is 5.15 Å². The summed E-state index contributed by atoms with van der Waals surface area (Å²) in [4.78, 5) is 18.4. The van der Waals surface area contributed by atoms with Crippen molar-refractivity contribution in [2.45, 2.75) is 4.90 Å². The lowest BCUT2D eigenvalue weighted by atomic mass is 10.1. The van der Waals surface area contributed by atoms with Crippen molar-refractivity contribution in [3.05, 3.63) is 65.9 Å². The van der Waals surface area contributed by atoms with Crippen LogP contribution in [-0.4, -0.2) is 61.2 Å². The molecule has 1 aliphatic heterocycles. The lowest BCUT2D eigenvalue weighted by Crippen LogP contribution is -2.50. The first-order valence-electron chi connectivity index (χ1n) is 9.55. The van der Waals surface area contributed by atoms with Gasteiger partial charge in [-0.15, -0.1) is 0 Å². The van der Waals surface area contributed by atoms with Gasteiger partial charge in [0, 0.05) is 32.4 Å². The lowest BCUT2D eigenvalue weighted by molar-refractivity contribution is -0.117. The summed E-state index contributed by atoms with van der Waals surface area (Å²) in [7, 11) is -3.58. The van der Waals surface area contributed by atoms with Crippen LogP contribution in [0.3, 0.4) is 0 Å². The van der Waals surface area contributed by atoms with Crippen LogP contribution in [0.5, 0.6) is 0 Å². The molecule has 1 N–H and O–H groups in total. The number of aromatic nitrogens is 1. The van der Waals surface area contributed by atoms with E-state index in [1.54, 1.807) is 30.5 Å². The van der Waals surface area contributed by atoms with Crippen molar-refractivity contribution < 1.29 is 13.2 Å². The number of halogens is 1. The summed E-state index contributed by atoms with van der Waals surface area (Å²) in [6, 6.07) is 16.2. The standard InChI is InChI=1S/C21H21ClN4O3S/c22-21-19(6-3-9-23-21)24-20(27)15-25-10-12-26(13-11-25)30(28,29)18-8-7-16-4-1-2-5-17(16)14-18/h1-9,14H,10-13,15H2,(H,24,27). The zero-order valence-electron chi connectivity index (χ0n) is 16.2. The number of nitrogens with zero attached hydrogens (tertiary/aromatic N) is 3. The number of carbonyl (C=O) groups is 1. The molecule has 0 radical (unpaired) electrons. The number of hydrogen-bond acceptors (Lipinski definition) is 5. The number of rotatable bonds is 5. The number of hydrogen-bond donors (Lipinski definition) is 1. The molecule has 0 unspecified atom stereocenters. The van der Waals surface area contributed by atoms with Gasteiger partial charge in [-0.05, 0) is 35.0 Å². The summed E-state index contributed by atoms with van der Waals surface area (Å²) in [5.74, 6) is -0.212. The molecule has 1 saturated heterocycles. The fourth-order valence-electron chi connectivity index (χ4n) is 3.48. The van der Waals surface area contributed by atoms with E-state index in [1.165, 1.54) is 4.31 Å².